The molecule has 0 saturated heterocycles. The van der Waals surface area contributed by atoms with Gasteiger partial charge in [0.05, 0.1) is 11.0 Å². The second-order valence-electron chi connectivity index (χ2n) is 13.9. The van der Waals surface area contributed by atoms with Gasteiger partial charge < -0.3 is 4.57 Å². The molecule has 0 spiro atoms. The Morgan fingerprint density at radius 3 is 1.96 bits per heavy atom. The number of nitrogens with zero attached hydrogens (tertiary/aromatic N) is 1. The zero-order valence-corrected chi connectivity index (χ0v) is 28.4. The molecule has 0 radical (unpaired) electrons. The first-order valence-corrected chi connectivity index (χ1v) is 18.5. The average molecular weight is 664 g/mol. The van der Waals surface area contributed by atoms with Gasteiger partial charge in [-0.25, -0.2) is 0 Å². The second-order valence-corrected chi connectivity index (χ2v) is 15.0. The molecule has 0 saturated carbocycles. The van der Waals surface area contributed by atoms with Gasteiger partial charge in [0.25, 0.3) is 0 Å². The fourth-order valence-corrected chi connectivity index (χ4v) is 10.6. The molecule has 0 aliphatic heterocycles. The zero-order chi connectivity index (χ0) is 33.2. The lowest BCUT2D eigenvalue weighted by atomic mass is 9.84. The van der Waals surface area contributed by atoms with E-state index in [-0.39, 0.29) is 5.92 Å². The van der Waals surface area contributed by atoms with Crippen LogP contribution in [0, 0.1) is 0 Å². The maximum Gasteiger partial charge on any atom is 0.0633 e. The van der Waals surface area contributed by atoms with E-state index in [9.17, 15) is 0 Å². The summed E-state index contributed by atoms with van der Waals surface area (Å²) in [6.07, 6.45) is 0. The van der Waals surface area contributed by atoms with Crippen LogP contribution in [-0.4, -0.2) is 4.57 Å². The molecule has 0 amide bonds. The Hall–Kier alpha value is -6.22. The highest BCUT2D eigenvalue weighted by Gasteiger charge is 2.34. The van der Waals surface area contributed by atoms with E-state index in [2.05, 4.69) is 174 Å². The first kappa shape index (κ1) is 27.6. The Bertz CT molecular complexity index is 3250. The molecule has 2 heterocycles. The number of fused-ring (bicyclic) bond motifs is 17. The Morgan fingerprint density at radius 2 is 1.12 bits per heavy atom. The van der Waals surface area contributed by atoms with Gasteiger partial charge in [0.1, 0.15) is 0 Å². The molecule has 0 N–H and O–H groups in total. The smallest absolute Gasteiger partial charge is 0.0633 e. The highest BCUT2D eigenvalue weighted by Crippen LogP contribution is 2.54. The van der Waals surface area contributed by atoms with Gasteiger partial charge >= 0.3 is 0 Å². The highest BCUT2D eigenvalue weighted by molar-refractivity contribution is 7.26. The molecule has 12 rings (SSSR count). The minimum absolute atomic E-state index is 0.114. The Morgan fingerprint density at radius 1 is 0.471 bits per heavy atom. The highest BCUT2D eigenvalue weighted by atomic mass is 32.1. The first-order valence-electron chi connectivity index (χ1n) is 17.7. The van der Waals surface area contributed by atoms with E-state index < -0.39 is 0 Å². The van der Waals surface area contributed by atoms with Crippen molar-refractivity contribution in [3.63, 3.8) is 0 Å². The molecule has 1 aliphatic carbocycles. The van der Waals surface area contributed by atoms with Crippen molar-refractivity contribution in [2.75, 3.05) is 0 Å². The minimum atomic E-state index is 0.114. The molecule has 9 aromatic carbocycles. The lowest BCUT2D eigenvalue weighted by molar-refractivity contribution is 1.03. The molecule has 2 aromatic heterocycles. The predicted octanol–water partition coefficient (Wildman–Crippen LogP) is 13.8. The largest absolute Gasteiger partial charge is 0.309 e. The Kier molecular flexibility index (Phi) is 5.50. The van der Waals surface area contributed by atoms with E-state index in [1.807, 2.05) is 11.3 Å². The van der Waals surface area contributed by atoms with E-state index in [1.165, 1.54) is 108 Å². The average Bonchev–Trinajstić information content (AvgIpc) is 3.86. The number of rotatable bonds is 2. The summed E-state index contributed by atoms with van der Waals surface area (Å²) in [6, 6.07) is 63.5. The van der Waals surface area contributed by atoms with Crippen LogP contribution in [0.4, 0.5) is 0 Å². The SMILES string of the molecule is c1ccc(-n2c3cc(C4c5ccccc5-c5c4c4ccccc4c4ccccc54)ccc3c3ccc4ccc5c6ccccc6sc5c4c32)cc1. The van der Waals surface area contributed by atoms with E-state index in [0.717, 1.165) is 0 Å². The summed E-state index contributed by atoms with van der Waals surface area (Å²) in [5.41, 5.74) is 10.6. The van der Waals surface area contributed by atoms with Crippen molar-refractivity contribution in [3.05, 3.63) is 187 Å². The third-order valence-electron chi connectivity index (χ3n) is 11.4. The molecule has 1 aliphatic rings. The van der Waals surface area contributed by atoms with Gasteiger partial charge in [-0.3, -0.25) is 0 Å². The summed E-state index contributed by atoms with van der Waals surface area (Å²) in [4.78, 5) is 0. The van der Waals surface area contributed by atoms with Crippen LogP contribution in [0.5, 0.6) is 0 Å². The monoisotopic (exact) mass is 663 g/mol. The zero-order valence-electron chi connectivity index (χ0n) is 27.6. The molecule has 0 bridgehead atoms. The van der Waals surface area contributed by atoms with Gasteiger partial charge in [0.2, 0.25) is 0 Å². The van der Waals surface area contributed by atoms with E-state index in [4.69, 9.17) is 0 Å². The standard InChI is InChI=1S/C49H29NS/c1-2-12-31(13-3-1)50-42-28-30(24-25-34(42)40-26-22-29-23-27-41-35-16-10-11-21-43(35)51-49(41)45(29)48(40)50)44-38-19-8-9-20-39(38)46-36-17-6-4-14-32(36)33-15-5-7-18-37(33)47(44)46/h1-28,44H. The van der Waals surface area contributed by atoms with Gasteiger partial charge in [0, 0.05) is 47.9 Å². The van der Waals surface area contributed by atoms with Crippen LogP contribution in [0.1, 0.15) is 22.6 Å². The van der Waals surface area contributed by atoms with Crippen molar-refractivity contribution in [2.45, 2.75) is 5.92 Å². The number of thiophene rings is 1. The third-order valence-corrected chi connectivity index (χ3v) is 12.6. The summed E-state index contributed by atoms with van der Waals surface area (Å²) in [7, 11) is 0. The molecule has 11 aromatic rings. The molecule has 1 nitrogen and oxygen atoms in total. The third kappa shape index (κ3) is 3.65. The van der Waals surface area contributed by atoms with Crippen molar-refractivity contribution in [2.24, 2.45) is 0 Å². The maximum absolute atomic E-state index is 2.54. The fourth-order valence-electron chi connectivity index (χ4n) is 9.37. The quantitative estimate of drug-likeness (QED) is 0.162. The number of para-hydroxylation sites is 1. The summed E-state index contributed by atoms with van der Waals surface area (Å²) >= 11 is 1.92. The van der Waals surface area contributed by atoms with Crippen LogP contribution in [0.3, 0.4) is 0 Å². The van der Waals surface area contributed by atoms with Crippen molar-refractivity contribution < 1.29 is 0 Å². The topological polar surface area (TPSA) is 4.93 Å². The fraction of sp³-hybridized carbons (Fsp3) is 0.0204. The molecule has 51 heavy (non-hydrogen) atoms. The molecule has 1 atom stereocenters. The first-order chi connectivity index (χ1) is 25.3. The second kappa shape index (κ2) is 10.2. The van der Waals surface area contributed by atoms with E-state index in [0.29, 0.717) is 0 Å². The van der Waals surface area contributed by atoms with Crippen LogP contribution in [0.15, 0.2) is 170 Å². The van der Waals surface area contributed by atoms with Crippen molar-refractivity contribution >= 4 is 85.6 Å². The Labute approximate surface area is 298 Å². The molecular formula is C49H29NS. The van der Waals surface area contributed by atoms with Crippen molar-refractivity contribution in [3.8, 4) is 16.8 Å². The summed E-state index contributed by atoms with van der Waals surface area (Å²) < 4.78 is 5.23. The molecular weight excluding hydrogens is 635 g/mol. The lowest BCUT2D eigenvalue weighted by Gasteiger charge is -2.19. The number of benzene rings is 9. The van der Waals surface area contributed by atoms with Crippen molar-refractivity contribution in [1.82, 2.24) is 4.57 Å². The van der Waals surface area contributed by atoms with Crippen molar-refractivity contribution in [1.29, 1.82) is 0 Å². The van der Waals surface area contributed by atoms with Crippen LogP contribution < -0.4 is 0 Å². The number of hydrogen-bond acceptors (Lipinski definition) is 1. The van der Waals surface area contributed by atoms with E-state index >= 15 is 0 Å². The van der Waals surface area contributed by atoms with Gasteiger partial charge in [-0.1, -0.05) is 146 Å². The normalized spacial score (nSPS) is 14.1. The molecule has 0 fully saturated rings. The lowest BCUT2D eigenvalue weighted by Crippen LogP contribution is -2.01. The van der Waals surface area contributed by atoms with Crippen LogP contribution in [0.2, 0.25) is 0 Å². The summed E-state index contributed by atoms with van der Waals surface area (Å²) in [5.74, 6) is 0.114. The summed E-state index contributed by atoms with van der Waals surface area (Å²) in [5, 5.41) is 13.2. The maximum atomic E-state index is 2.54. The predicted molar refractivity (Wildman–Crippen MR) is 219 cm³/mol. The summed E-state index contributed by atoms with van der Waals surface area (Å²) in [6.45, 7) is 0. The van der Waals surface area contributed by atoms with E-state index in [1.54, 1.807) is 0 Å². The van der Waals surface area contributed by atoms with Gasteiger partial charge in [0.15, 0.2) is 0 Å². The van der Waals surface area contributed by atoms with Crippen LogP contribution in [-0.2, 0) is 0 Å². The number of hydrogen-bond donors (Lipinski definition) is 0. The van der Waals surface area contributed by atoms with Gasteiger partial charge in [-0.15, -0.1) is 11.3 Å². The molecule has 236 valence electrons. The molecule has 1 unspecified atom stereocenters. The van der Waals surface area contributed by atoms with Crippen LogP contribution in [0.25, 0.3) is 91.1 Å². The minimum Gasteiger partial charge on any atom is -0.309 e. The number of aromatic nitrogens is 1. The van der Waals surface area contributed by atoms with Gasteiger partial charge in [-0.05, 0) is 79.0 Å². The molecule has 2 heteroatoms. The Balaban J connectivity index is 1.22. The van der Waals surface area contributed by atoms with Crippen LogP contribution >= 0.6 is 11.3 Å². The van der Waals surface area contributed by atoms with Gasteiger partial charge in [-0.2, -0.15) is 0 Å².